The third kappa shape index (κ3) is 3.28. The number of nitrogens with one attached hydrogen (secondary N) is 1. The van der Waals surface area contributed by atoms with Gasteiger partial charge in [0.25, 0.3) is 5.56 Å². The second kappa shape index (κ2) is 7.23. The molecule has 7 heteroatoms. The number of nitrogens with zero attached hydrogens (tertiary/aromatic N) is 4. The number of hydrogen-bond donors (Lipinski definition) is 1. The van der Waals surface area contributed by atoms with Gasteiger partial charge in [-0.3, -0.25) is 4.79 Å². The van der Waals surface area contributed by atoms with Gasteiger partial charge in [-0.15, -0.1) is 10.2 Å². The SMILES string of the molecule is Cc1nnc(S[C@@H](C)c2nc3ccccc3c(=O)[nH]2)n1C1CCCCC1. The molecule has 1 saturated carbocycles. The largest absolute Gasteiger partial charge is 0.309 e. The van der Waals surface area contributed by atoms with Crippen molar-refractivity contribution in [2.45, 2.75) is 62.4 Å². The van der Waals surface area contributed by atoms with Gasteiger partial charge in [0.05, 0.1) is 16.2 Å². The van der Waals surface area contributed by atoms with E-state index in [2.05, 4.69) is 24.7 Å². The first kappa shape index (κ1) is 17.3. The molecule has 136 valence electrons. The van der Waals surface area contributed by atoms with E-state index in [4.69, 9.17) is 0 Å². The van der Waals surface area contributed by atoms with Crippen molar-refractivity contribution in [3.63, 3.8) is 0 Å². The minimum absolute atomic E-state index is 0.0155. The fraction of sp³-hybridized carbons (Fsp3) is 0.474. The number of aromatic nitrogens is 5. The predicted molar refractivity (Wildman–Crippen MR) is 104 cm³/mol. The van der Waals surface area contributed by atoms with Gasteiger partial charge < -0.3 is 9.55 Å². The van der Waals surface area contributed by atoms with Crippen molar-refractivity contribution in [1.29, 1.82) is 0 Å². The molecule has 1 aliphatic carbocycles. The highest BCUT2D eigenvalue weighted by Crippen LogP contribution is 2.37. The number of benzene rings is 1. The second-order valence-electron chi connectivity index (χ2n) is 6.92. The Hall–Kier alpha value is -2.15. The number of thioether (sulfide) groups is 1. The fourth-order valence-electron chi connectivity index (χ4n) is 3.70. The Morgan fingerprint density at radius 3 is 2.77 bits per heavy atom. The lowest BCUT2D eigenvalue weighted by molar-refractivity contribution is 0.332. The van der Waals surface area contributed by atoms with Crippen molar-refractivity contribution in [3.05, 3.63) is 46.3 Å². The molecule has 3 aromatic rings. The molecule has 26 heavy (non-hydrogen) atoms. The van der Waals surface area contributed by atoms with Crippen molar-refractivity contribution < 1.29 is 0 Å². The molecule has 0 spiro atoms. The van der Waals surface area contributed by atoms with Crippen LogP contribution in [0, 0.1) is 6.92 Å². The van der Waals surface area contributed by atoms with Crippen LogP contribution in [0.2, 0.25) is 0 Å². The minimum Gasteiger partial charge on any atom is -0.309 e. The summed E-state index contributed by atoms with van der Waals surface area (Å²) in [5.41, 5.74) is 0.631. The first-order chi connectivity index (χ1) is 12.6. The lowest BCUT2D eigenvalue weighted by Crippen LogP contribution is -2.16. The van der Waals surface area contributed by atoms with Gasteiger partial charge in [-0.2, -0.15) is 0 Å². The molecule has 0 saturated heterocycles. The maximum Gasteiger partial charge on any atom is 0.258 e. The summed E-state index contributed by atoms with van der Waals surface area (Å²) in [5.74, 6) is 1.64. The molecule has 0 unspecified atom stereocenters. The zero-order chi connectivity index (χ0) is 18.1. The molecule has 1 aromatic carbocycles. The van der Waals surface area contributed by atoms with Crippen LogP contribution in [0.25, 0.3) is 10.9 Å². The Kier molecular flexibility index (Phi) is 4.80. The monoisotopic (exact) mass is 369 g/mol. The van der Waals surface area contributed by atoms with Crippen LogP contribution in [0.1, 0.15) is 62.0 Å². The van der Waals surface area contributed by atoms with Crippen LogP contribution >= 0.6 is 11.8 Å². The zero-order valence-electron chi connectivity index (χ0n) is 15.1. The number of fused-ring (bicyclic) bond motifs is 1. The average molecular weight is 369 g/mol. The van der Waals surface area contributed by atoms with E-state index in [-0.39, 0.29) is 10.8 Å². The topological polar surface area (TPSA) is 76.5 Å². The Balaban J connectivity index is 1.63. The van der Waals surface area contributed by atoms with Crippen LogP contribution in [-0.2, 0) is 0 Å². The molecule has 0 amide bonds. The van der Waals surface area contributed by atoms with E-state index >= 15 is 0 Å². The Morgan fingerprint density at radius 1 is 1.19 bits per heavy atom. The Labute approximate surface area is 156 Å². The molecule has 1 fully saturated rings. The van der Waals surface area contributed by atoms with E-state index < -0.39 is 0 Å². The van der Waals surface area contributed by atoms with Crippen LogP contribution < -0.4 is 5.56 Å². The van der Waals surface area contributed by atoms with Crippen molar-refractivity contribution >= 4 is 22.7 Å². The van der Waals surface area contributed by atoms with Crippen molar-refractivity contribution in [3.8, 4) is 0 Å². The molecule has 2 heterocycles. The molecule has 1 N–H and O–H groups in total. The fourth-order valence-corrected chi connectivity index (χ4v) is 4.72. The molecule has 0 radical (unpaired) electrons. The van der Waals surface area contributed by atoms with Crippen LogP contribution in [-0.4, -0.2) is 24.7 Å². The van der Waals surface area contributed by atoms with Crippen molar-refractivity contribution in [2.75, 3.05) is 0 Å². The summed E-state index contributed by atoms with van der Waals surface area (Å²) in [6.45, 7) is 4.07. The van der Waals surface area contributed by atoms with E-state index in [0.717, 1.165) is 16.5 Å². The standard InChI is InChI=1S/C19H23N5OS/c1-12(17-20-16-11-7-6-10-15(16)18(25)21-17)26-19-23-22-13(2)24(19)14-8-4-3-5-9-14/h6-7,10-12,14H,3-5,8-9H2,1-2H3,(H,20,21,25)/t12-/m0/s1. The zero-order valence-corrected chi connectivity index (χ0v) is 15.9. The molecule has 2 aromatic heterocycles. The summed E-state index contributed by atoms with van der Waals surface area (Å²) >= 11 is 1.61. The molecule has 1 aliphatic rings. The molecular weight excluding hydrogens is 346 g/mol. The first-order valence-corrected chi connectivity index (χ1v) is 10.1. The van der Waals surface area contributed by atoms with Gasteiger partial charge in [0, 0.05) is 6.04 Å². The van der Waals surface area contributed by atoms with Crippen molar-refractivity contribution in [2.24, 2.45) is 0 Å². The quantitative estimate of drug-likeness (QED) is 0.698. The predicted octanol–water partition coefficient (Wildman–Crippen LogP) is 4.18. The van der Waals surface area contributed by atoms with Crippen LogP contribution in [0.15, 0.2) is 34.2 Å². The molecule has 4 rings (SSSR count). The summed E-state index contributed by atoms with van der Waals surface area (Å²) in [4.78, 5) is 19.9. The Bertz CT molecular complexity index is 973. The van der Waals surface area contributed by atoms with Gasteiger partial charge in [0.1, 0.15) is 11.6 Å². The summed E-state index contributed by atoms with van der Waals surface area (Å²) in [6.07, 6.45) is 6.22. The maximum absolute atomic E-state index is 12.3. The second-order valence-corrected chi connectivity index (χ2v) is 8.23. The van der Waals surface area contributed by atoms with Crippen LogP contribution in [0.5, 0.6) is 0 Å². The number of aromatic amines is 1. The van der Waals surface area contributed by atoms with E-state index in [9.17, 15) is 4.79 Å². The summed E-state index contributed by atoms with van der Waals surface area (Å²) in [7, 11) is 0. The molecule has 6 nitrogen and oxygen atoms in total. The average Bonchev–Trinajstić information content (AvgIpc) is 3.02. The normalized spacial score (nSPS) is 16.8. The summed E-state index contributed by atoms with van der Waals surface area (Å²) in [6, 6.07) is 7.91. The molecule has 0 bridgehead atoms. The van der Waals surface area contributed by atoms with E-state index in [1.165, 1.54) is 32.1 Å². The third-order valence-electron chi connectivity index (χ3n) is 5.07. The minimum atomic E-state index is -0.0945. The van der Waals surface area contributed by atoms with Gasteiger partial charge in [-0.05, 0) is 38.8 Å². The molecule has 1 atom stereocenters. The van der Waals surface area contributed by atoms with Gasteiger partial charge in [0.15, 0.2) is 5.16 Å². The van der Waals surface area contributed by atoms with Gasteiger partial charge in [-0.25, -0.2) is 4.98 Å². The van der Waals surface area contributed by atoms with E-state index in [1.807, 2.05) is 32.0 Å². The van der Waals surface area contributed by atoms with Crippen LogP contribution in [0.3, 0.4) is 0 Å². The highest BCUT2D eigenvalue weighted by molar-refractivity contribution is 7.99. The summed E-state index contributed by atoms with van der Waals surface area (Å²) in [5, 5.41) is 10.2. The molecular formula is C19H23N5OS. The van der Waals surface area contributed by atoms with Gasteiger partial charge in [-0.1, -0.05) is 43.2 Å². The number of hydrogen-bond acceptors (Lipinski definition) is 5. The Morgan fingerprint density at radius 2 is 1.96 bits per heavy atom. The van der Waals surface area contributed by atoms with Crippen LogP contribution in [0.4, 0.5) is 0 Å². The van der Waals surface area contributed by atoms with Gasteiger partial charge in [0.2, 0.25) is 0 Å². The number of aryl methyl sites for hydroxylation is 1. The highest BCUT2D eigenvalue weighted by Gasteiger charge is 2.23. The van der Waals surface area contributed by atoms with Crippen molar-refractivity contribution in [1.82, 2.24) is 24.7 Å². The smallest absolute Gasteiger partial charge is 0.258 e. The highest BCUT2D eigenvalue weighted by atomic mass is 32.2. The van der Waals surface area contributed by atoms with Gasteiger partial charge >= 0.3 is 0 Å². The van der Waals surface area contributed by atoms with E-state index in [1.54, 1.807) is 17.8 Å². The third-order valence-corrected chi connectivity index (χ3v) is 6.14. The van der Waals surface area contributed by atoms with E-state index in [0.29, 0.717) is 17.3 Å². The maximum atomic E-state index is 12.3. The molecule has 0 aliphatic heterocycles. The first-order valence-electron chi connectivity index (χ1n) is 9.20. The number of rotatable bonds is 4. The number of H-pyrrole nitrogens is 1. The lowest BCUT2D eigenvalue weighted by Gasteiger charge is -2.25. The number of para-hydroxylation sites is 1. The lowest BCUT2D eigenvalue weighted by atomic mass is 9.95. The summed E-state index contributed by atoms with van der Waals surface area (Å²) < 4.78 is 2.28.